The van der Waals surface area contributed by atoms with Crippen LogP contribution in [0, 0.1) is 13.8 Å². The number of anilines is 1. The summed E-state index contributed by atoms with van der Waals surface area (Å²) in [5.74, 6) is 1.35. The number of hydrogen-bond acceptors (Lipinski definition) is 5. The van der Waals surface area contributed by atoms with Crippen LogP contribution < -0.4 is 10.1 Å². The Labute approximate surface area is 178 Å². The monoisotopic (exact) mass is 419 g/mol. The Balaban J connectivity index is 1.46. The molecule has 2 aromatic carbocycles. The fourth-order valence-corrected chi connectivity index (χ4v) is 3.11. The van der Waals surface area contributed by atoms with E-state index in [0.717, 1.165) is 11.4 Å². The molecule has 2 heterocycles. The first-order valence-corrected chi connectivity index (χ1v) is 9.56. The van der Waals surface area contributed by atoms with Crippen molar-refractivity contribution in [2.45, 2.75) is 13.8 Å². The second-order valence-electron chi connectivity index (χ2n) is 6.64. The maximum atomic E-state index is 12.3. The summed E-state index contributed by atoms with van der Waals surface area (Å²) >= 11 is 5.94. The lowest BCUT2D eigenvalue weighted by molar-refractivity contribution is 0.102. The zero-order chi connectivity index (χ0) is 21.1. The molecule has 0 saturated carbocycles. The number of carbonyl (C=O) groups is 1. The predicted molar refractivity (Wildman–Crippen MR) is 115 cm³/mol. The Morgan fingerprint density at radius 3 is 2.53 bits per heavy atom. The van der Waals surface area contributed by atoms with Crippen molar-refractivity contribution in [3.63, 3.8) is 0 Å². The molecule has 30 heavy (non-hydrogen) atoms. The average molecular weight is 420 g/mol. The van der Waals surface area contributed by atoms with Crippen LogP contribution >= 0.6 is 11.6 Å². The third-order valence-corrected chi connectivity index (χ3v) is 4.51. The lowest BCUT2D eigenvalue weighted by atomic mass is 10.2. The number of nitrogens with zero attached hydrogens (tertiary/aromatic N) is 4. The molecule has 0 saturated heterocycles. The zero-order valence-electron chi connectivity index (χ0n) is 16.3. The minimum absolute atomic E-state index is 0.239. The topological polar surface area (TPSA) is 81.9 Å². The summed E-state index contributed by atoms with van der Waals surface area (Å²) in [5, 5.41) is 7.76. The Morgan fingerprint density at radius 1 is 1.03 bits per heavy atom. The van der Waals surface area contributed by atoms with E-state index in [4.69, 9.17) is 16.3 Å². The summed E-state index contributed by atoms with van der Waals surface area (Å²) in [6, 6.07) is 17.5. The van der Waals surface area contributed by atoms with Gasteiger partial charge in [0.15, 0.2) is 5.82 Å². The predicted octanol–water partition coefficient (Wildman–Crippen LogP) is 4.98. The lowest BCUT2D eigenvalue weighted by Gasteiger charge is -2.09. The molecule has 4 rings (SSSR count). The van der Waals surface area contributed by atoms with E-state index in [-0.39, 0.29) is 5.91 Å². The van der Waals surface area contributed by atoms with Gasteiger partial charge in [-0.1, -0.05) is 17.7 Å². The van der Waals surface area contributed by atoms with E-state index in [1.54, 1.807) is 59.3 Å². The van der Waals surface area contributed by atoms with Crippen LogP contribution in [0.4, 0.5) is 5.69 Å². The SMILES string of the molecule is Cc1cc(C)n(-c2cc(Oc3ccc(NC(=O)c4cccc(Cl)c4)cc3)ncn2)n1. The normalized spacial score (nSPS) is 10.6. The van der Waals surface area contributed by atoms with Gasteiger partial charge in [-0.2, -0.15) is 5.10 Å². The first-order valence-electron chi connectivity index (χ1n) is 9.18. The molecule has 0 aliphatic rings. The Kier molecular flexibility index (Phi) is 5.45. The maximum absolute atomic E-state index is 12.3. The second kappa shape index (κ2) is 8.34. The molecule has 0 aliphatic heterocycles. The molecule has 8 heteroatoms. The van der Waals surface area contributed by atoms with Crippen LogP contribution in [0.3, 0.4) is 0 Å². The number of aryl methyl sites for hydroxylation is 2. The third-order valence-electron chi connectivity index (χ3n) is 4.28. The van der Waals surface area contributed by atoms with E-state index in [1.807, 2.05) is 19.9 Å². The molecular formula is C22H18ClN5O2. The van der Waals surface area contributed by atoms with Crippen molar-refractivity contribution in [1.29, 1.82) is 0 Å². The van der Waals surface area contributed by atoms with Crippen LogP contribution in [-0.2, 0) is 0 Å². The lowest BCUT2D eigenvalue weighted by Crippen LogP contribution is -2.11. The number of aromatic nitrogens is 4. The van der Waals surface area contributed by atoms with Crippen LogP contribution in [0.1, 0.15) is 21.7 Å². The van der Waals surface area contributed by atoms with Gasteiger partial charge in [0.2, 0.25) is 5.88 Å². The molecule has 1 N–H and O–H groups in total. The van der Waals surface area contributed by atoms with Crippen LogP contribution in [0.15, 0.2) is 67.0 Å². The molecule has 150 valence electrons. The number of halogens is 1. The van der Waals surface area contributed by atoms with E-state index in [9.17, 15) is 4.79 Å². The van der Waals surface area contributed by atoms with Gasteiger partial charge < -0.3 is 10.1 Å². The first kappa shape index (κ1) is 19.6. The summed E-state index contributed by atoms with van der Waals surface area (Å²) in [5.41, 5.74) is 3.00. The fourth-order valence-electron chi connectivity index (χ4n) is 2.92. The van der Waals surface area contributed by atoms with Crippen LogP contribution in [0.25, 0.3) is 5.82 Å². The Hall–Kier alpha value is -3.71. The summed E-state index contributed by atoms with van der Waals surface area (Å²) < 4.78 is 7.56. The maximum Gasteiger partial charge on any atom is 0.255 e. The minimum Gasteiger partial charge on any atom is -0.439 e. The van der Waals surface area contributed by atoms with Gasteiger partial charge in [0.1, 0.15) is 12.1 Å². The van der Waals surface area contributed by atoms with E-state index >= 15 is 0 Å². The molecule has 7 nitrogen and oxygen atoms in total. The standard InChI is InChI=1S/C22H18ClN5O2/c1-14-10-15(2)28(27-14)20-12-21(25-13-24-20)30-19-8-6-18(7-9-19)26-22(29)16-4-3-5-17(23)11-16/h3-13H,1-2H3,(H,26,29). The molecule has 0 aliphatic carbocycles. The number of benzene rings is 2. The molecule has 0 bridgehead atoms. The van der Waals surface area contributed by atoms with Gasteiger partial charge in [0, 0.05) is 28.0 Å². The first-order chi connectivity index (χ1) is 14.5. The highest BCUT2D eigenvalue weighted by Gasteiger charge is 2.09. The van der Waals surface area contributed by atoms with E-state index in [1.165, 1.54) is 6.33 Å². The van der Waals surface area contributed by atoms with Crippen molar-refractivity contribution in [3.8, 4) is 17.4 Å². The van der Waals surface area contributed by atoms with Gasteiger partial charge in [0.25, 0.3) is 5.91 Å². The van der Waals surface area contributed by atoms with Crippen molar-refractivity contribution in [3.05, 3.63) is 89.0 Å². The highest BCUT2D eigenvalue weighted by molar-refractivity contribution is 6.31. The average Bonchev–Trinajstić information content (AvgIpc) is 3.08. The van der Waals surface area contributed by atoms with E-state index in [2.05, 4.69) is 20.4 Å². The van der Waals surface area contributed by atoms with E-state index in [0.29, 0.717) is 33.7 Å². The van der Waals surface area contributed by atoms with Crippen molar-refractivity contribution >= 4 is 23.2 Å². The number of nitrogens with one attached hydrogen (secondary N) is 1. The van der Waals surface area contributed by atoms with Gasteiger partial charge in [-0.3, -0.25) is 4.79 Å². The highest BCUT2D eigenvalue weighted by Crippen LogP contribution is 2.23. The molecule has 0 radical (unpaired) electrons. The van der Waals surface area contributed by atoms with Crippen LogP contribution in [0.5, 0.6) is 11.6 Å². The molecular weight excluding hydrogens is 402 g/mol. The van der Waals surface area contributed by atoms with Crippen molar-refractivity contribution in [1.82, 2.24) is 19.7 Å². The van der Waals surface area contributed by atoms with Crippen molar-refractivity contribution < 1.29 is 9.53 Å². The number of ether oxygens (including phenoxy) is 1. The number of rotatable bonds is 5. The molecule has 1 amide bonds. The van der Waals surface area contributed by atoms with Crippen molar-refractivity contribution in [2.24, 2.45) is 0 Å². The molecule has 0 unspecified atom stereocenters. The zero-order valence-corrected chi connectivity index (χ0v) is 17.1. The molecule has 0 atom stereocenters. The number of hydrogen-bond donors (Lipinski definition) is 1. The molecule has 0 fully saturated rings. The summed E-state index contributed by atoms with van der Waals surface area (Å²) in [4.78, 5) is 20.7. The number of carbonyl (C=O) groups excluding carboxylic acids is 1. The van der Waals surface area contributed by atoms with Crippen LogP contribution in [-0.4, -0.2) is 25.7 Å². The summed E-state index contributed by atoms with van der Waals surface area (Å²) in [6.07, 6.45) is 1.43. The Morgan fingerprint density at radius 2 is 1.83 bits per heavy atom. The Bertz CT molecular complexity index is 1200. The fraction of sp³-hybridized carbons (Fsp3) is 0.0909. The van der Waals surface area contributed by atoms with Gasteiger partial charge in [-0.25, -0.2) is 14.6 Å². The van der Waals surface area contributed by atoms with E-state index < -0.39 is 0 Å². The van der Waals surface area contributed by atoms with Gasteiger partial charge in [0.05, 0.1) is 5.69 Å². The van der Waals surface area contributed by atoms with Crippen molar-refractivity contribution in [2.75, 3.05) is 5.32 Å². The quantitative estimate of drug-likeness (QED) is 0.493. The number of amides is 1. The smallest absolute Gasteiger partial charge is 0.255 e. The van der Waals surface area contributed by atoms with Gasteiger partial charge in [-0.15, -0.1) is 0 Å². The van der Waals surface area contributed by atoms with Gasteiger partial charge >= 0.3 is 0 Å². The summed E-state index contributed by atoms with van der Waals surface area (Å²) in [7, 11) is 0. The van der Waals surface area contributed by atoms with Crippen LogP contribution in [0.2, 0.25) is 5.02 Å². The highest BCUT2D eigenvalue weighted by atomic mass is 35.5. The molecule has 2 aromatic heterocycles. The van der Waals surface area contributed by atoms with Gasteiger partial charge in [-0.05, 0) is 62.4 Å². The minimum atomic E-state index is -0.239. The molecule has 0 spiro atoms. The largest absolute Gasteiger partial charge is 0.439 e. The molecule has 4 aromatic rings. The summed E-state index contributed by atoms with van der Waals surface area (Å²) in [6.45, 7) is 3.88. The second-order valence-corrected chi connectivity index (χ2v) is 7.08. The third kappa shape index (κ3) is 4.47.